The maximum Gasteiger partial charge on any atom is 0.146 e. The van der Waals surface area contributed by atoms with Crippen LogP contribution in [-0.4, -0.2) is 25.3 Å². The van der Waals surface area contributed by atoms with E-state index >= 15 is 0 Å². The Morgan fingerprint density at radius 1 is 1.14 bits per heavy atom. The van der Waals surface area contributed by atoms with Gasteiger partial charge in [0.05, 0.1) is 11.4 Å². The molecule has 0 aliphatic carbocycles. The number of halogens is 1. The summed E-state index contributed by atoms with van der Waals surface area (Å²) in [6.45, 7) is 0.441. The van der Waals surface area contributed by atoms with Crippen LogP contribution in [0, 0.1) is 5.82 Å². The second-order valence-corrected chi connectivity index (χ2v) is 4.44. The number of anilines is 1. The van der Waals surface area contributed by atoms with Crippen molar-refractivity contribution < 1.29 is 9.50 Å². The van der Waals surface area contributed by atoms with Gasteiger partial charge in [0, 0.05) is 6.54 Å². The van der Waals surface area contributed by atoms with E-state index in [1.165, 1.54) is 17.1 Å². The molecule has 0 fully saturated rings. The van der Waals surface area contributed by atoms with Crippen molar-refractivity contribution in [2.75, 3.05) is 5.32 Å². The summed E-state index contributed by atoms with van der Waals surface area (Å²) in [7, 11) is 0. The molecule has 106 valence electrons. The van der Waals surface area contributed by atoms with Crippen molar-refractivity contribution in [3.63, 3.8) is 0 Å². The Hall–Kier alpha value is -2.96. The fraction of sp³-hybridized carbons (Fsp3) is 0.0714. The number of hydrogen-bond acceptors (Lipinski definition) is 5. The smallest absolute Gasteiger partial charge is 0.146 e. The summed E-state index contributed by atoms with van der Waals surface area (Å²) in [5, 5.41) is 23.1. The van der Waals surface area contributed by atoms with E-state index in [2.05, 4.69) is 20.8 Å². The number of hydrogen-bond donors (Lipinski definition) is 2. The minimum atomic E-state index is -0.356. The summed E-state index contributed by atoms with van der Waals surface area (Å²) in [5.41, 5.74) is 1.95. The predicted octanol–water partition coefficient (Wildman–Crippen LogP) is 2.12. The lowest BCUT2D eigenvalue weighted by Gasteiger charge is -2.09. The molecule has 0 unspecified atom stereocenters. The fourth-order valence-corrected chi connectivity index (χ4v) is 1.88. The first-order chi connectivity index (χ1) is 10.2. The van der Waals surface area contributed by atoms with Crippen molar-refractivity contribution >= 4 is 5.69 Å². The van der Waals surface area contributed by atoms with Gasteiger partial charge in [-0.25, -0.2) is 9.07 Å². The zero-order valence-corrected chi connectivity index (χ0v) is 10.9. The third-order valence-corrected chi connectivity index (χ3v) is 2.98. The summed E-state index contributed by atoms with van der Waals surface area (Å²) in [5.74, 6) is -0.156. The van der Waals surface area contributed by atoms with Gasteiger partial charge in [-0.05, 0) is 46.3 Å². The minimum Gasteiger partial charge on any atom is -0.508 e. The van der Waals surface area contributed by atoms with Gasteiger partial charge < -0.3 is 10.4 Å². The summed E-state index contributed by atoms with van der Waals surface area (Å²) < 4.78 is 15.3. The van der Waals surface area contributed by atoms with E-state index in [0.717, 1.165) is 5.56 Å². The monoisotopic (exact) mass is 285 g/mol. The van der Waals surface area contributed by atoms with E-state index in [-0.39, 0.29) is 11.6 Å². The SMILES string of the molecule is Oc1ccc(CNc2cc(-n3cnnn3)ccc2F)cc1. The average Bonchev–Trinajstić information content (AvgIpc) is 3.02. The third-order valence-electron chi connectivity index (χ3n) is 2.98. The first-order valence-electron chi connectivity index (χ1n) is 6.27. The molecule has 0 saturated carbocycles. The fourth-order valence-electron chi connectivity index (χ4n) is 1.88. The molecule has 0 bridgehead atoms. The Balaban J connectivity index is 1.78. The van der Waals surface area contributed by atoms with Gasteiger partial charge in [-0.2, -0.15) is 0 Å². The Morgan fingerprint density at radius 2 is 1.95 bits per heavy atom. The van der Waals surface area contributed by atoms with E-state index in [1.807, 2.05) is 0 Å². The summed E-state index contributed by atoms with van der Waals surface area (Å²) in [6, 6.07) is 11.3. The van der Waals surface area contributed by atoms with Gasteiger partial charge in [-0.15, -0.1) is 5.10 Å². The molecule has 3 rings (SSSR count). The lowest BCUT2D eigenvalue weighted by Crippen LogP contribution is -2.03. The molecule has 6 nitrogen and oxygen atoms in total. The van der Waals surface area contributed by atoms with Crippen molar-refractivity contribution in [2.24, 2.45) is 0 Å². The summed E-state index contributed by atoms with van der Waals surface area (Å²) in [4.78, 5) is 0. The minimum absolute atomic E-state index is 0.200. The largest absolute Gasteiger partial charge is 0.508 e. The van der Waals surface area contributed by atoms with Gasteiger partial charge in [-0.1, -0.05) is 12.1 Å². The molecule has 0 radical (unpaired) electrons. The van der Waals surface area contributed by atoms with E-state index < -0.39 is 0 Å². The van der Waals surface area contributed by atoms with Crippen molar-refractivity contribution in [1.82, 2.24) is 20.2 Å². The van der Waals surface area contributed by atoms with Crippen LogP contribution in [0.25, 0.3) is 5.69 Å². The van der Waals surface area contributed by atoms with Crippen molar-refractivity contribution in [1.29, 1.82) is 0 Å². The highest BCUT2D eigenvalue weighted by molar-refractivity contribution is 5.52. The summed E-state index contributed by atoms with van der Waals surface area (Å²) >= 11 is 0. The highest BCUT2D eigenvalue weighted by Crippen LogP contribution is 2.19. The van der Waals surface area contributed by atoms with Crippen molar-refractivity contribution in [3.8, 4) is 11.4 Å². The molecule has 0 amide bonds. The van der Waals surface area contributed by atoms with E-state index in [9.17, 15) is 9.50 Å². The molecule has 0 aliphatic heterocycles. The van der Waals surface area contributed by atoms with Crippen molar-refractivity contribution in [3.05, 3.63) is 60.2 Å². The first kappa shape index (κ1) is 13.0. The van der Waals surface area contributed by atoms with Crippen LogP contribution in [0.2, 0.25) is 0 Å². The number of aromatic hydroxyl groups is 1. The number of rotatable bonds is 4. The molecule has 7 heteroatoms. The molecule has 3 aromatic rings. The molecule has 1 aromatic heterocycles. The molecule has 2 N–H and O–H groups in total. The molecular weight excluding hydrogens is 273 g/mol. The van der Waals surface area contributed by atoms with Crippen LogP contribution in [-0.2, 0) is 6.54 Å². The number of benzene rings is 2. The standard InChI is InChI=1S/C14H12FN5O/c15-13-6-3-11(20-9-17-18-19-20)7-14(13)16-8-10-1-4-12(21)5-2-10/h1-7,9,16,21H,8H2. The molecule has 0 saturated heterocycles. The molecule has 0 atom stereocenters. The first-order valence-corrected chi connectivity index (χ1v) is 6.27. The van der Waals surface area contributed by atoms with Gasteiger partial charge in [0.25, 0.3) is 0 Å². The lowest BCUT2D eigenvalue weighted by molar-refractivity contribution is 0.475. The Bertz CT molecular complexity index is 728. The second kappa shape index (κ2) is 5.58. The number of phenolic OH excluding ortho intramolecular Hbond substituents is 1. The molecular formula is C14H12FN5O. The van der Waals surface area contributed by atoms with Crippen LogP contribution in [0.3, 0.4) is 0 Å². The molecule has 0 spiro atoms. The third kappa shape index (κ3) is 2.97. The zero-order chi connectivity index (χ0) is 14.7. The number of aromatic nitrogens is 4. The van der Waals surface area contributed by atoms with Gasteiger partial charge >= 0.3 is 0 Å². The number of nitrogens with zero attached hydrogens (tertiary/aromatic N) is 4. The van der Waals surface area contributed by atoms with Crippen LogP contribution >= 0.6 is 0 Å². The van der Waals surface area contributed by atoms with E-state index in [1.54, 1.807) is 36.4 Å². The maximum absolute atomic E-state index is 13.8. The normalized spacial score (nSPS) is 10.5. The molecule has 21 heavy (non-hydrogen) atoms. The zero-order valence-electron chi connectivity index (χ0n) is 10.9. The number of phenols is 1. The van der Waals surface area contributed by atoms with Gasteiger partial charge in [0.15, 0.2) is 0 Å². The van der Waals surface area contributed by atoms with Crippen LogP contribution in [0.1, 0.15) is 5.56 Å². The quantitative estimate of drug-likeness (QED) is 0.768. The molecule has 1 heterocycles. The average molecular weight is 285 g/mol. The Labute approximate surface area is 119 Å². The lowest BCUT2D eigenvalue weighted by atomic mass is 10.2. The Kier molecular flexibility index (Phi) is 3.46. The number of tetrazole rings is 1. The van der Waals surface area contributed by atoms with Gasteiger partial charge in [0.1, 0.15) is 17.9 Å². The van der Waals surface area contributed by atoms with Gasteiger partial charge in [-0.3, -0.25) is 0 Å². The van der Waals surface area contributed by atoms with E-state index in [0.29, 0.717) is 17.9 Å². The Morgan fingerprint density at radius 3 is 2.67 bits per heavy atom. The van der Waals surface area contributed by atoms with Gasteiger partial charge in [0.2, 0.25) is 0 Å². The maximum atomic E-state index is 13.8. The molecule has 0 aliphatic rings. The summed E-state index contributed by atoms with van der Waals surface area (Å²) in [6.07, 6.45) is 1.44. The van der Waals surface area contributed by atoms with Crippen LogP contribution in [0.5, 0.6) is 5.75 Å². The highest BCUT2D eigenvalue weighted by Gasteiger charge is 2.06. The van der Waals surface area contributed by atoms with Crippen molar-refractivity contribution in [2.45, 2.75) is 6.54 Å². The molecule has 2 aromatic carbocycles. The predicted molar refractivity (Wildman–Crippen MR) is 74.5 cm³/mol. The highest BCUT2D eigenvalue weighted by atomic mass is 19.1. The van der Waals surface area contributed by atoms with E-state index in [4.69, 9.17) is 0 Å². The van der Waals surface area contributed by atoms with Crippen LogP contribution < -0.4 is 5.32 Å². The van der Waals surface area contributed by atoms with Crippen LogP contribution in [0.15, 0.2) is 48.8 Å². The number of nitrogens with one attached hydrogen (secondary N) is 1. The van der Waals surface area contributed by atoms with Crippen LogP contribution in [0.4, 0.5) is 10.1 Å². The second-order valence-electron chi connectivity index (χ2n) is 4.44. The topological polar surface area (TPSA) is 75.9 Å².